The average Bonchev–Trinajstić information content (AvgIpc) is 2.82. The molecule has 2 rings (SSSR count). The van der Waals surface area contributed by atoms with Gasteiger partial charge in [-0.05, 0) is 38.5 Å². The summed E-state index contributed by atoms with van der Waals surface area (Å²) in [4.78, 5) is 12.0. The van der Waals surface area contributed by atoms with E-state index < -0.39 is 0 Å². The number of unbranched alkanes of at least 4 members (excludes halogenated alkanes) is 8. The maximum atomic E-state index is 12.0. The summed E-state index contributed by atoms with van der Waals surface area (Å²) < 4.78 is 16.9. The minimum absolute atomic E-state index is 0.147. The molecule has 1 aliphatic heterocycles. The van der Waals surface area contributed by atoms with E-state index in [0.717, 1.165) is 31.2 Å². The van der Waals surface area contributed by atoms with Crippen LogP contribution in [-0.2, 0) is 19.0 Å². The predicted octanol–water partition coefficient (Wildman–Crippen LogP) is 7.46. The third-order valence-electron chi connectivity index (χ3n) is 5.57. The van der Waals surface area contributed by atoms with Crippen molar-refractivity contribution in [3.05, 3.63) is 60.2 Å². The van der Waals surface area contributed by atoms with E-state index in [1.54, 1.807) is 0 Å². The first kappa shape index (κ1) is 26.3. The van der Waals surface area contributed by atoms with Gasteiger partial charge in [-0.3, -0.25) is 4.79 Å². The predicted molar refractivity (Wildman–Crippen MR) is 130 cm³/mol. The second kappa shape index (κ2) is 17.6. The van der Waals surface area contributed by atoms with Crippen molar-refractivity contribution in [3.8, 4) is 0 Å². The second-order valence-electron chi connectivity index (χ2n) is 8.50. The van der Waals surface area contributed by atoms with Crippen LogP contribution in [0.4, 0.5) is 0 Å². The number of allylic oxidation sites excluding steroid dienone is 4. The molecule has 1 aromatic carbocycles. The number of hydrogen-bond acceptors (Lipinski definition) is 4. The molecular formula is C28H42O4. The number of carbonyl (C=O) groups is 1. The van der Waals surface area contributed by atoms with Crippen molar-refractivity contribution in [1.29, 1.82) is 0 Å². The SMILES string of the molecule is CCCCC/C=C/C/C=C/CCCCCCCC(=O)OC1COC(c2ccccc2)OC1. The van der Waals surface area contributed by atoms with Crippen LogP contribution in [0, 0.1) is 0 Å². The summed E-state index contributed by atoms with van der Waals surface area (Å²) in [6.07, 6.45) is 21.9. The molecule has 1 saturated heterocycles. The number of hydrogen-bond donors (Lipinski definition) is 0. The molecule has 178 valence electrons. The number of esters is 1. The van der Waals surface area contributed by atoms with Gasteiger partial charge in [0.2, 0.25) is 0 Å². The number of ether oxygens (including phenoxy) is 3. The fourth-order valence-electron chi connectivity index (χ4n) is 3.68. The van der Waals surface area contributed by atoms with Crippen LogP contribution in [0.5, 0.6) is 0 Å². The summed E-state index contributed by atoms with van der Waals surface area (Å²) in [5.41, 5.74) is 0.988. The number of carbonyl (C=O) groups excluding carboxylic acids is 1. The van der Waals surface area contributed by atoms with Crippen molar-refractivity contribution in [3.63, 3.8) is 0 Å². The molecular weight excluding hydrogens is 400 g/mol. The highest BCUT2D eigenvalue weighted by Crippen LogP contribution is 2.23. The van der Waals surface area contributed by atoms with Gasteiger partial charge < -0.3 is 14.2 Å². The minimum Gasteiger partial charge on any atom is -0.457 e. The van der Waals surface area contributed by atoms with Crippen molar-refractivity contribution in [2.24, 2.45) is 0 Å². The van der Waals surface area contributed by atoms with Gasteiger partial charge in [0, 0.05) is 12.0 Å². The monoisotopic (exact) mass is 442 g/mol. The van der Waals surface area contributed by atoms with Gasteiger partial charge >= 0.3 is 5.97 Å². The lowest BCUT2D eigenvalue weighted by Gasteiger charge is -2.29. The van der Waals surface area contributed by atoms with Gasteiger partial charge in [0.05, 0.1) is 13.2 Å². The summed E-state index contributed by atoms with van der Waals surface area (Å²) >= 11 is 0. The Morgan fingerprint density at radius 3 is 2.19 bits per heavy atom. The van der Waals surface area contributed by atoms with E-state index in [9.17, 15) is 4.79 Å². The Morgan fingerprint density at radius 2 is 1.50 bits per heavy atom. The van der Waals surface area contributed by atoms with Crippen molar-refractivity contribution >= 4 is 5.97 Å². The quantitative estimate of drug-likeness (QED) is 0.151. The first-order valence-corrected chi connectivity index (χ1v) is 12.6. The van der Waals surface area contributed by atoms with Crippen molar-refractivity contribution < 1.29 is 19.0 Å². The van der Waals surface area contributed by atoms with E-state index in [1.165, 1.54) is 44.9 Å². The van der Waals surface area contributed by atoms with Crippen molar-refractivity contribution in [2.45, 2.75) is 96.4 Å². The maximum absolute atomic E-state index is 12.0. The Morgan fingerprint density at radius 1 is 0.875 bits per heavy atom. The fourth-order valence-corrected chi connectivity index (χ4v) is 3.68. The zero-order valence-electron chi connectivity index (χ0n) is 19.9. The Balaban J connectivity index is 1.39. The summed E-state index contributed by atoms with van der Waals surface area (Å²) in [7, 11) is 0. The fraction of sp³-hybridized carbons (Fsp3) is 0.607. The minimum atomic E-state index is -0.368. The molecule has 0 aromatic heterocycles. The first-order valence-electron chi connectivity index (χ1n) is 12.6. The van der Waals surface area contributed by atoms with E-state index in [2.05, 4.69) is 31.2 Å². The number of rotatable bonds is 16. The third kappa shape index (κ3) is 12.2. The Labute approximate surface area is 195 Å². The molecule has 0 unspecified atom stereocenters. The van der Waals surface area contributed by atoms with Crippen molar-refractivity contribution in [2.75, 3.05) is 13.2 Å². The van der Waals surface area contributed by atoms with Gasteiger partial charge in [-0.2, -0.15) is 0 Å². The Bertz CT molecular complexity index is 645. The molecule has 0 atom stereocenters. The van der Waals surface area contributed by atoms with Gasteiger partial charge in [0.1, 0.15) is 6.10 Å². The zero-order valence-corrected chi connectivity index (χ0v) is 19.9. The molecule has 0 radical (unpaired) electrons. The maximum Gasteiger partial charge on any atom is 0.306 e. The lowest BCUT2D eigenvalue weighted by Crippen LogP contribution is -2.35. The van der Waals surface area contributed by atoms with Gasteiger partial charge in [0.15, 0.2) is 6.29 Å². The first-order chi connectivity index (χ1) is 15.8. The van der Waals surface area contributed by atoms with Crippen LogP contribution in [0.15, 0.2) is 54.6 Å². The van der Waals surface area contributed by atoms with E-state index in [1.807, 2.05) is 30.3 Å². The summed E-state index contributed by atoms with van der Waals surface area (Å²) in [5, 5.41) is 0. The molecule has 1 aromatic rings. The Hall–Kier alpha value is -1.91. The third-order valence-corrected chi connectivity index (χ3v) is 5.57. The molecule has 0 spiro atoms. The highest BCUT2D eigenvalue weighted by molar-refractivity contribution is 5.69. The zero-order chi connectivity index (χ0) is 22.7. The molecule has 0 N–H and O–H groups in total. The van der Waals surface area contributed by atoms with E-state index in [-0.39, 0.29) is 18.4 Å². The molecule has 1 aliphatic rings. The summed E-state index contributed by atoms with van der Waals surface area (Å²) in [5.74, 6) is -0.147. The van der Waals surface area contributed by atoms with Gasteiger partial charge in [-0.15, -0.1) is 0 Å². The van der Waals surface area contributed by atoms with Crippen LogP contribution in [0.2, 0.25) is 0 Å². The molecule has 1 heterocycles. The van der Waals surface area contributed by atoms with E-state index >= 15 is 0 Å². The van der Waals surface area contributed by atoms with E-state index in [0.29, 0.717) is 19.6 Å². The molecule has 4 nitrogen and oxygen atoms in total. The largest absolute Gasteiger partial charge is 0.457 e. The Kier molecular flexibility index (Phi) is 14.5. The second-order valence-corrected chi connectivity index (χ2v) is 8.50. The lowest BCUT2D eigenvalue weighted by molar-refractivity contribution is -0.229. The van der Waals surface area contributed by atoms with E-state index in [4.69, 9.17) is 14.2 Å². The van der Waals surface area contributed by atoms with Crippen molar-refractivity contribution in [1.82, 2.24) is 0 Å². The standard InChI is InChI=1S/C28H42O4/c1-2-3-4-5-6-7-8-9-10-11-12-13-14-15-19-22-27(29)32-26-23-30-28(31-24-26)25-20-17-16-18-21-25/h6-7,9-10,16-18,20-21,26,28H,2-5,8,11-15,19,22-24H2,1H3/b7-6+,10-9+. The molecule has 0 bridgehead atoms. The number of benzene rings is 1. The normalized spacial score (nSPS) is 19.0. The molecule has 1 fully saturated rings. The molecule has 0 amide bonds. The molecule has 4 heteroatoms. The highest BCUT2D eigenvalue weighted by atomic mass is 16.7. The van der Waals surface area contributed by atoms with Gasteiger partial charge in [0.25, 0.3) is 0 Å². The van der Waals surface area contributed by atoms with Crippen LogP contribution in [0.25, 0.3) is 0 Å². The lowest BCUT2D eigenvalue weighted by atomic mass is 10.1. The van der Waals surface area contributed by atoms with Crippen LogP contribution in [-0.4, -0.2) is 25.3 Å². The smallest absolute Gasteiger partial charge is 0.306 e. The summed E-state index contributed by atoms with van der Waals surface area (Å²) in [6.45, 7) is 3.01. The van der Waals surface area contributed by atoms with Gasteiger partial charge in [-0.1, -0.05) is 93.7 Å². The van der Waals surface area contributed by atoms with Crippen LogP contribution < -0.4 is 0 Å². The van der Waals surface area contributed by atoms with Crippen LogP contribution in [0.1, 0.15) is 95.8 Å². The highest BCUT2D eigenvalue weighted by Gasteiger charge is 2.25. The van der Waals surface area contributed by atoms with Gasteiger partial charge in [-0.25, -0.2) is 0 Å². The van der Waals surface area contributed by atoms with Crippen LogP contribution >= 0.6 is 0 Å². The molecule has 32 heavy (non-hydrogen) atoms. The van der Waals surface area contributed by atoms with Crippen LogP contribution in [0.3, 0.4) is 0 Å². The average molecular weight is 443 g/mol. The molecule has 0 aliphatic carbocycles. The summed E-state index contributed by atoms with van der Waals surface area (Å²) in [6, 6.07) is 9.82. The topological polar surface area (TPSA) is 44.8 Å². The molecule has 0 saturated carbocycles.